The molecular formula is C21H25F3N4O4. The number of hydrogen-bond acceptors (Lipinski definition) is 5. The van der Waals surface area contributed by atoms with E-state index >= 15 is 0 Å². The van der Waals surface area contributed by atoms with Crippen molar-refractivity contribution in [1.82, 2.24) is 19.7 Å². The maximum atomic E-state index is 13.1. The highest BCUT2D eigenvalue weighted by molar-refractivity contribution is 5.94. The number of nitrogens with zero attached hydrogens (tertiary/aromatic N) is 4. The molecule has 1 saturated carbocycles. The number of carboxylic acid groups (broad SMARTS) is 1. The molecule has 2 aromatic heterocycles. The number of amides is 1. The van der Waals surface area contributed by atoms with Gasteiger partial charge in [0, 0.05) is 32.6 Å². The lowest BCUT2D eigenvalue weighted by Gasteiger charge is -2.36. The normalized spacial score (nSPS) is 17.9. The first-order valence-corrected chi connectivity index (χ1v) is 10.2. The molecule has 11 heteroatoms. The van der Waals surface area contributed by atoms with Crippen LogP contribution in [-0.4, -0.2) is 62.6 Å². The number of carboxylic acids is 1. The zero-order valence-electron chi connectivity index (χ0n) is 17.8. The van der Waals surface area contributed by atoms with Crippen LogP contribution in [0.4, 0.5) is 13.2 Å². The molecule has 174 valence electrons. The van der Waals surface area contributed by atoms with Crippen molar-refractivity contribution in [1.29, 1.82) is 0 Å². The molecule has 8 nitrogen and oxygen atoms in total. The smallest absolute Gasteiger partial charge is 0.475 e. The summed E-state index contributed by atoms with van der Waals surface area (Å²) in [5.74, 6) is -2.03. The van der Waals surface area contributed by atoms with Crippen molar-refractivity contribution in [2.24, 2.45) is 13.0 Å². The lowest BCUT2D eigenvalue weighted by Crippen LogP contribution is -2.43. The van der Waals surface area contributed by atoms with Gasteiger partial charge in [0.2, 0.25) is 0 Å². The van der Waals surface area contributed by atoms with E-state index in [1.54, 1.807) is 12.4 Å². The van der Waals surface area contributed by atoms with Crippen molar-refractivity contribution in [3.05, 3.63) is 47.0 Å². The number of rotatable bonds is 5. The zero-order chi connectivity index (χ0) is 23.5. The van der Waals surface area contributed by atoms with Gasteiger partial charge in [-0.1, -0.05) is 0 Å². The third-order valence-electron chi connectivity index (χ3n) is 5.33. The number of ether oxygens (including phenoxy) is 1. The van der Waals surface area contributed by atoms with Crippen LogP contribution in [0.2, 0.25) is 0 Å². The predicted octanol–water partition coefficient (Wildman–Crippen LogP) is 2.92. The molecule has 2 aromatic rings. The summed E-state index contributed by atoms with van der Waals surface area (Å²) in [6.07, 6.45) is 3.60. The Labute approximate surface area is 183 Å². The van der Waals surface area contributed by atoms with Gasteiger partial charge in [-0.25, -0.2) is 4.79 Å². The first-order valence-electron chi connectivity index (χ1n) is 10.2. The Balaban J connectivity index is 0.000000360. The fourth-order valence-corrected chi connectivity index (χ4v) is 3.54. The summed E-state index contributed by atoms with van der Waals surface area (Å²) in [4.78, 5) is 28.1. The molecule has 2 aliphatic rings. The Kier molecular flexibility index (Phi) is 7.17. The molecule has 1 unspecified atom stereocenters. The van der Waals surface area contributed by atoms with Gasteiger partial charge in [0.25, 0.3) is 5.91 Å². The molecule has 0 aromatic carbocycles. The van der Waals surface area contributed by atoms with E-state index in [4.69, 9.17) is 14.6 Å². The molecule has 0 spiro atoms. The highest BCUT2D eigenvalue weighted by atomic mass is 19.4. The highest BCUT2D eigenvalue weighted by Crippen LogP contribution is 2.33. The van der Waals surface area contributed by atoms with E-state index in [0.717, 1.165) is 24.3 Å². The van der Waals surface area contributed by atoms with Crippen LogP contribution in [0.3, 0.4) is 0 Å². The molecular weight excluding hydrogens is 429 g/mol. The standard InChI is InChI=1S/C19H24N4O2.C2HF3O2/c1-13-7-16(9-20-8-13)19(24)23-6-5-15-10-21-22(2)18(15)17(23)12-25-11-14-3-4-14;3-2(4,5)1(6)7/h7-10,14,17H,3-6,11-12H2,1-2H3;(H,6,7). The van der Waals surface area contributed by atoms with Crippen molar-refractivity contribution in [3.8, 4) is 0 Å². The van der Waals surface area contributed by atoms with Crippen LogP contribution < -0.4 is 0 Å². The summed E-state index contributed by atoms with van der Waals surface area (Å²) in [5, 5.41) is 11.5. The topological polar surface area (TPSA) is 97.5 Å². The lowest BCUT2D eigenvalue weighted by molar-refractivity contribution is -0.192. The average Bonchev–Trinajstić information content (AvgIpc) is 3.48. The molecule has 0 radical (unpaired) electrons. The quantitative estimate of drug-likeness (QED) is 0.746. The Morgan fingerprint density at radius 2 is 1.91 bits per heavy atom. The number of aryl methyl sites for hydroxylation is 2. The van der Waals surface area contributed by atoms with E-state index < -0.39 is 12.1 Å². The fourth-order valence-electron chi connectivity index (χ4n) is 3.54. The maximum Gasteiger partial charge on any atom is 0.490 e. The molecule has 4 rings (SSSR count). The maximum absolute atomic E-state index is 13.1. The second-order valence-electron chi connectivity index (χ2n) is 7.98. The van der Waals surface area contributed by atoms with Crippen molar-refractivity contribution >= 4 is 11.9 Å². The number of halogens is 3. The Bertz CT molecular complexity index is 972. The van der Waals surface area contributed by atoms with E-state index in [-0.39, 0.29) is 11.9 Å². The minimum absolute atomic E-state index is 0.0167. The van der Waals surface area contributed by atoms with Gasteiger partial charge in [-0.15, -0.1) is 0 Å². The largest absolute Gasteiger partial charge is 0.490 e. The van der Waals surface area contributed by atoms with Gasteiger partial charge in [-0.05, 0) is 49.3 Å². The van der Waals surface area contributed by atoms with Gasteiger partial charge in [0.15, 0.2) is 0 Å². The van der Waals surface area contributed by atoms with Crippen LogP contribution >= 0.6 is 0 Å². The van der Waals surface area contributed by atoms with Crippen LogP contribution in [0.25, 0.3) is 0 Å². The number of fused-ring (bicyclic) bond motifs is 1. The van der Waals surface area contributed by atoms with Gasteiger partial charge in [0.05, 0.1) is 30.1 Å². The van der Waals surface area contributed by atoms with E-state index in [0.29, 0.717) is 24.6 Å². The molecule has 0 bridgehead atoms. The number of aliphatic carboxylic acids is 1. The van der Waals surface area contributed by atoms with Crippen LogP contribution in [0.5, 0.6) is 0 Å². The molecule has 1 N–H and O–H groups in total. The lowest BCUT2D eigenvalue weighted by atomic mass is 9.99. The first-order chi connectivity index (χ1) is 15.1. The average molecular weight is 454 g/mol. The van der Waals surface area contributed by atoms with Crippen LogP contribution in [0, 0.1) is 12.8 Å². The van der Waals surface area contributed by atoms with Gasteiger partial charge >= 0.3 is 12.1 Å². The van der Waals surface area contributed by atoms with Crippen molar-refractivity contribution in [2.45, 2.75) is 38.4 Å². The molecule has 1 fully saturated rings. The Morgan fingerprint density at radius 3 is 2.50 bits per heavy atom. The predicted molar refractivity (Wildman–Crippen MR) is 107 cm³/mol. The molecule has 1 atom stereocenters. The summed E-state index contributed by atoms with van der Waals surface area (Å²) in [5.41, 5.74) is 3.94. The van der Waals surface area contributed by atoms with Gasteiger partial charge in [0.1, 0.15) is 0 Å². The number of hydrogen-bond donors (Lipinski definition) is 1. The summed E-state index contributed by atoms with van der Waals surface area (Å²) < 4.78 is 39.6. The number of aromatic nitrogens is 3. The second-order valence-corrected chi connectivity index (χ2v) is 7.98. The minimum Gasteiger partial charge on any atom is -0.475 e. The van der Waals surface area contributed by atoms with Gasteiger partial charge in [-0.2, -0.15) is 18.3 Å². The van der Waals surface area contributed by atoms with Crippen LogP contribution in [0.1, 0.15) is 46.1 Å². The van der Waals surface area contributed by atoms with E-state index in [1.807, 2.05) is 35.8 Å². The summed E-state index contributed by atoms with van der Waals surface area (Å²) >= 11 is 0. The van der Waals surface area contributed by atoms with E-state index in [9.17, 15) is 18.0 Å². The van der Waals surface area contributed by atoms with Crippen LogP contribution in [-0.2, 0) is 23.0 Å². The molecule has 1 aliphatic heterocycles. The summed E-state index contributed by atoms with van der Waals surface area (Å²) in [6, 6.07) is 1.80. The highest BCUT2D eigenvalue weighted by Gasteiger charge is 2.38. The van der Waals surface area contributed by atoms with E-state index in [2.05, 4.69) is 10.1 Å². The fraction of sp³-hybridized carbons (Fsp3) is 0.524. The molecule has 1 amide bonds. The third kappa shape index (κ3) is 5.84. The van der Waals surface area contributed by atoms with Gasteiger partial charge < -0.3 is 14.7 Å². The van der Waals surface area contributed by atoms with E-state index in [1.165, 1.54) is 18.4 Å². The Hall–Kier alpha value is -2.95. The number of pyridine rings is 1. The molecule has 3 heterocycles. The van der Waals surface area contributed by atoms with Crippen molar-refractivity contribution < 1.29 is 32.6 Å². The number of alkyl halides is 3. The third-order valence-corrected chi connectivity index (χ3v) is 5.33. The monoisotopic (exact) mass is 454 g/mol. The molecule has 0 saturated heterocycles. The summed E-state index contributed by atoms with van der Waals surface area (Å²) in [6.45, 7) is 3.95. The van der Waals surface area contributed by atoms with Crippen LogP contribution in [0.15, 0.2) is 24.7 Å². The van der Waals surface area contributed by atoms with Gasteiger partial charge in [-0.3, -0.25) is 14.5 Å². The zero-order valence-corrected chi connectivity index (χ0v) is 17.8. The summed E-state index contributed by atoms with van der Waals surface area (Å²) in [7, 11) is 1.94. The number of carbonyl (C=O) groups is 2. The van der Waals surface area contributed by atoms with Crippen molar-refractivity contribution in [2.75, 3.05) is 19.8 Å². The first kappa shape index (κ1) is 23.7. The second kappa shape index (κ2) is 9.68. The Morgan fingerprint density at radius 1 is 1.22 bits per heavy atom. The molecule has 1 aliphatic carbocycles. The molecule has 32 heavy (non-hydrogen) atoms. The van der Waals surface area contributed by atoms with Crippen molar-refractivity contribution in [3.63, 3.8) is 0 Å². The number of carbonyl (C=O) groups excluding carboxylic acids is 1. The SMILES string of the molecule is Cc1cncc(C(=O)N2CCc3cnn(C)c3C2COCC2CC2)c1.O=C(O)C(F)(F)F. The minimum atomic E-state index is -5.08.